The first-order valence-corrected chi connectivity index (χ1v) is 7.72. The summed E-state index contributed by atoms with van der Waals surface area (Å²) in [4.78, 5) is 5.68. The van der Waals surface area contributed by atoms with E-state index in [0.717, 1.165) is 29.2 Å². The highest BCUT2D eigenvalue weighted by atomic mass is 32.2. The van der Waals surface area contributed by atoms with Crippen molar-refractivity contribution in [2.45, 2.75) is 29.3 Å². The number of hydrogen-bond acceptors (Lipinski definition) is 6. The van der Waals surface area contributed by atoms with Gasteiger partial charge in [0.1, 0.15) is 5.75 Å². The minimum atomic E-state index is -0.152. The number of nitrogens with zero attached hydrogens (tertiary/aromatic N) is 2. The molecule has 104 valence electrons. The molecule has 0 bridgehead atoms. The number of thioether (sulfide) groups is 1. The van der Waals surface area contributed by atoms with Crippen molar-refractivity contribution in [1.82, 2.24) is 10.1 Å². The Labute approximate surface area is 120 Å². The molecule has 2 aromatic rings. The van der Waals surface area contributed by atoms with Crippen molar-refractivity contribution in [2.75, 3.05) is 12.3 Å². The summed E-state index contributed by atoms with van der Waals surface area (Å²) in [5.41, 5.74) is 5.72. The van der Waals surface area contributed by atoms with Crippen molar-refractivity contribution in [3.05, 3.63) is 36.0 Å². The number of fused-ring (bicyclic) bond motifs is 1. The Kier molecular flexibility index (Phi) is 2.75. The Morgan fingerprint density at radius 2 is 2.20 bits per heavy atom. The Bertz CT molecular complexity index is 639. The molecule has 2 N–H and O–H groups in total. The number of hydrogen-bond donors (Lipinski definition) is 1. The van der Waals surface area contributed by atoms with Gasteiger partial charge >= 0.3 is 0 Å². The quantitative estimate of drug-likeness (QED) is 0.934. The molecule has 1 unspecified atom stereocenters. The van der Waals surface area contributed by atoms with Crippen LogP contribution >= 0.6 is 11.8 Å². The fourth-order valence-corrected chi connectivity index (χ4v) is 3.37. The number of rotatable bonds is 3. The van der Waals surface area contributed by atoms with E-state index in [0.29, 0.717) is 18.3 Å². The van der Waals surface area contributed by atoms with Crippen LogP contribution < -0.4 is 10.5 Å². The third kappa shape index (κ3) is 1.91. The standard InChI is InChI=1S/C14H15N3O2S/c15-8-14(5-6-14)13-16-12(17-19-13)10-7-20-11-4-2-1-3-9(11)18-10/h1-4,10H,5-8,15H2. The molecule has 6 heteroatoms. The number of aromatic nitrogens is 2. The average molecular weight is 289 g/mol. The number of nitrogens with two attached hydrogens (primary N) is 1. The van der Waals surface area contributed by atoms with Gasteiger partial charge < -0.3 is 15.0 Å². The Hall–Kier alpha value is -1.53. The Balaban J connectivity index is 1.58. The molecule has 0 amide bonds. The lowest BCUT2D eigenvalue weighted by Crippen LogP contribution is -2.21. The second-order valence-electron chi connectivity index (χ2n) is 5.31. The molecule has 1 aliphatic carbocycles. The third-order valence-corrected chi connectivity index (χ3v) is 5.05. The zero-order valence-corrected chi connectivity index (χ0v) is 11.7. The van der Waals surface area contributed by atoms with E-state index in [1.54, 1.807) is 11.8 Å². The van der Waals surface area contributed by atoms with Crippen LogP contribution in [0.25, 0.3) is 0 Å². The lowest BCUT2D eigenvalue weighted by molar-refractivity contribution is 0.205. The Morgan fingerprint density at radius 3 is 3.00 bits per heavy atom. The van der Waals surface area contributed by atoms with Gasteiger partial charge in [0.2, 0.25) is 11.7 Å². The molecule has 0 radical (unpaired) electrons. The molecule has 1 aliphatic heterocycles. The lowest BCUT2D eigenvalue weighted by Gasteiger charge is -2.22. The van der Waals surface area contributed by atoms with Gasteiger partial charge in [-0.25, -0.2) is 0 Å². The van der Waals surface area contributed by atoms with Gasteiger partial charge in [0, 0.05) is 17.2 Å². The minimum absolute atomic E-state index is 0.0645. The largest absolute Gasteiger partial charge is 0.480 e. The molecule has 1 fully saturated rings. The fourth-order valence-electron chi connectivity index (χ4n) is 2.38. The van der Waals surface area contributed by atoms with Crippen molar-refractivity contribution in [3.63, 3.8) is 0 Å². The van der Waals surface area contributed by atoms with E-state index in [2.05, 4.69) is 16.2 Å². The van der Waals surface area contributed by atoms with E-state index in [1.165, 1.54) is 0 Å². The van der Waals surface area contributed by atoms with Crippen molar-refractivity contribution < 1.29 is 9.26 Å². The van der Waals surface area contributed by atoms with Gasteiger partial charge in [0.05, 0.1) is 5.41 Å². The van der Waals surface area contributed by atoms with Crippen LogP contribution in [0.1, 0.15) is 30.7 Å². The highest BCUT2D eigenvalue weighted by molar-refractivity contribution is 7.99. The molecule has 4 rings (SSSR count). The van der Waals surface area contributed by atoms with Crippen LogP contribution in [-0.2, 0) is 5.41 Å². The fraction of sp³-hybridized carbons (Fsp3) is 0.429. The molecule has 0 saturated heterocycles. The van der Waals surface area contributed by atoms with E-state index >= 15 is 0 Å². The normalized spacial score (nSPS) is 22.9. The first kappa shape index (κ1) is 12.2. The van der Waals surface area contributed by atoms with Crippen LogP contribution in [0.4, 0.5) is 0 Å². The highest BCUT2D eigenvalue weighted by Gasteiger charge is 2.48. The minimum Gasteiger partial charge on any atom is -0.480 e. The molecule has 2 heterocycles. The van der Waals surface area contributed by atoms with E-state index in [-0.39, 0.29) is 11.5 Å². The second-order valence-corrected chi connectivity index (χ2v) is 6.37. The van der Waals surface area contributed by atoms with Crippen LogP contribution in [0.2, 0.25) is 0 Å². The van der Waals surface area contributed by atoms with Gasteiger partial charge in [-0.1, -0.05) is 17.3 Å². The molecule has 5 nitrogen and oxygen atoms in total. The van der Waals surface area contributed by atoms with Gasteiger partial charge in [-0.3, -0.25) is 0 Å². The summed E-state index contributed by atoms with van der Waals surface area (Å²) < 4.78 is 11.4. The molecule has 2 aliphatic rings. The molecule has 1 aromatic heterocycles. The summed E-state index contributed by atoms with van der Waals surface area (Å²) in [6.07, 6.45) is 1.92. The summed E-state index contributed by atoms with van der Waals surface area (Å²) in [6.45, 7) is 0.567. The first-order valence-electron chi connectivity index (χ1n) is 6.73. The Morgan fingerprint density at radius 1 is 1.35 bits per heavy atom. The number of benzene rings is 1. The van der Waals surface area contributed by atoms with E-state index in [9.17, 15) is 0 Å². The maximum atomic E-state index is 5.96. The predicted octanol–water partition coefficient (Wildman–Crippen LogP) is 2.29. The summed E-state index contributed by atoms with van der Waals surface area (Å²) >= 11 is 1.76. The molecule has 1 aromatic carbocycles. The van der Waals surface area contributed by atoms with Gasteiger partial charge in [-0.15, -0.1) is 11.8 Å². The second kappa shape index (κ2) is 4.49. The zero-order chi connectivity index (χ0) is 13.6. The van der Waals surface area contributed by atoms with E-state index in [1.807, 2.05) is 18.2 Å². The van der Waals surface area contributed by atoms with Crippen molar-refractivity contribution in [2.24, 2.45) is 5.73 Å². The highest BCUT2D eigenvalue weighted by Crippen LogP contribution is 2.47. The van der Waals surface area contributed by atoms with Crippen LogP contribution in [0.3, 0.4) is 0 Å². The molecule has 1 atom stereocenters. The maximum Gasteiger partial charge on any atom is 0.234 e. The maximum absolute atomic E-state index is 5.96. The van der Waals surface area contributed by atoms with Crippen molar-refractivity contribution in [3.8, 4) is 5.75 Å². The lowest BCUT2D eigenvalue weighted by atomic mass is 10.1. The average Bonchev–Trinajstić information content (AvgIpc) is 3.15. The molecular weight excluding hydrogens is 274 g/mol. The van der Waals surface area contributed by atoms with Crippen LogP contribution in [0, 0.1) is 0 Å². The zero-order valence-electron chi connectivity index (χ0n) is 10.9. The SMILES string of the molecule is NCC1(c2nc(C3CSc4ccccc4O3)no2)CC1. The van der Waals surface area contributed by atoms with Crippen molar-refractivity contribution >= 4 is 11.8 Å². The van der Waals surface area contributed by atoms with Gasteiger partial charge in [0.25, 0.3) is 0 Å². The number of ether oxygens (including phenoxy) is 1. The van der Waals surface area contributed by atoms with Crippen molar-refractivity contribution in [1.29, 1.82) is 0 Å². The summed E-state index contributed by atoms with van der Waals surface area (Å²) in [5.74, 6) is 2.98. The molecule has 0 spiro atoms. The van der Waals surface area contributed by atoms with E-state index < -0.39 is 0 Å². The van der Waals surface area contributed by atoms with Gasteiger partial charge in [-0.05, 0) is 25.0 Å². The van der Waals surface area contributed by atoms with Crippen LogP contribution in [-0.4, -0.2) is 22.4 Å². The monoisotopic (exact) mass is 289 g/mol. The third-order valence-electron chi connectivity index (χ3n) is 3.94. The molecule has 20 heavy (non-hydrogen) atoms. The van der Waals surface area contributed by atoms with E-state index in [4.69, 9.17) is 15.0 Å². The smallest absolute Gasteiger partial charge is 0.234 e. The van der Waals surface area contributed by atoms with Gasteiger partial charge in [0.15, 0.2) is 6.10 Å². The number of para-hydroxylation sites is 1. The topological polar surface area (TPSA) is 74.2 Å². The summed E-state index contributed by atoms with van der Waals surface area (Å²) in [6, 6.07) is 8.01. The summed E-state index contributed by atoms with van der Waals surface area (Å²) in [5, 5.41) is 4.09. The summed E-state index contributed by atoms with van der Waals surface area (Å²) in [7, 11) is 0. The predicted molar refractivity (Wildman–Crippen MR) is 74.8 cm³/mol. The molecular formula is C14H15N3O2S. The van der Waals surface area contributed by atoms with Crippen LogP contribution in [0.5, 0.6) is 5.75 Å². The van der Waals surface area contributed by atoms with Gasteiger partial charge in [-0.2, -0.15) is 4.98 Å². The molecule has 1 saturated carbocycles. The van der Waals surface area contributed by atoms with Crippen LogP contribution in [0.15, 0.2) is 33.7 Å². The first-order chi connectivity index (χ1) is 9.81.